The first-order valence-corrected chi connectivity index (χ1v) is 13.5. The Bertz CT molecular complexity index is 1320. The third kappa shape index (κ3) is 7.72. The summed E-state index contributed by atoms with van der Waals surface area (Å²) in [6.45, 7) is 5.97. The lowest BCUT2D eigenvalue weighted by molar-refractivity contribution is 0.0491. The van der Waals surface area contributed by atoms with Gasteiger partial charge in [-0.3, -0.25) is 9.69 Å². The third-order valence-corrected chi connectivity index (χ3v) is 6.85. The fourth-order valence-corrected chi connectivity index (χ4v) is 4.88. The van der Waals surface area contributed by atoms with E-state index >= 15 is 0 Å². The second kappa shape index (κ2) is 12.2. The maximum atomic E-state index is 13.6. The summed E-state index contributed by atoms with van der Waals surface area (Å²) >= 11 is 0. The second-order valence-electron chi connectivity index (χ2n) is 11.1. The molecule has 0 spiro atoms. The Morgan fingerprint density at radius 2 is 1.56 bits per heavy atom. The Balaban J connectivity index is 1.49. The van der Waals surface area contributed by atoms with Crippen LogP contribution in [0.2, 0.25) is 0 Å². The molecule has 1 saturated carbocycles. The van der Waals surface area contributed by atoms with Crippen LogP contribution < -0.4 is 21.1 Å². The topological polar surface area (TPSA) is 92.7 Å². The Hall–Kier alpha value is -4.07. The molecule has 0 saturated heterocycles. The number of amides is 3. The first-order valence-electron chi connectivity index (χ1n) is 13.5. The van der Waals surface area contributed by atoms with Gasteiger partial charge in [0, 0.05) is 43.6 Å². The number of ether oxygens (including phenoxy) is 1. The molecule has 1 aromatic heterocycles. The summed E-state index contributed by atoms with van der Waals surface area (Å²) in [5.41, 5.74) is 3.11. The van der Waals surface area contributed by atoms with Crippen LogP contribution in [0.5, 0.6) is 0 Å². The van der Waals surface area contributed by atoms with E-state index in [-0.39, 0.29) is 23.7 Å². The molecule has 206 valence electrons. The van der Waals surface area contributed by atoms with E-state index in [0.29, 0.717) is 6.54 Å². The minimum Gasteiger partial charge on any atom is -0.444 e. The van der Waals surface area contributed by atoms with Gasteiger partial charge in [-0.25, -0.2) is 9.59 Å². The van der Waals surface area contributed by atoms with E-state index < -0.39 is 11.7 Å². The van der Waals surface area contributed by atoms with Crippen LogP contribution >= 0.6 is 0 Å². The number of rotatable bonds is 6. The van der Waals surface area contributed by atoms with Crippen LogP contribution in [0.25, 0.3) is 11.1 Å². The molecule has 3 aromatic rings. The molecule has 1 heterocycles. The lowest BCUT2D eigenvalue weighted by Crippen LogP contribution is -2.50. The lowest BCUT2D eigenvalue weighted by atomic mass is 9.90. The van der Waals surface area contributed by atoms with Crippen molar-refractivity contribution in [1.29, 1.82) is 0 Å². The van der Waals surface area contributed by atoms with Crippen molar-refractivity contribution in [2.45, 2.75) is 70.7 Å². The monoisotopic (exact) mass is 530 g/mol. The van der Waals surface area contributed by atoms with Crippen LogP contribution in [0.4, 0.5) is 15.3 Å². The highest BCUT2D eigenvalue weighted by Gasteiger charge is 2.31. The summed E-state index contributed by atoms with van der Waals surface area (Å²) in [5.74, 6) is 0. The number of carbonyl (C=O) groups is 2. The normalized spacial score (nSPS) is 17.2. The molecule has 0 unspecified atom stereocenters. The molecule has 1 aliphatic rings. The average Bonchev–Trinajstić information content (AvgIpc) is 2.90. The predicted molar refractivity (Wildman–Crippen MR) is 154 cm³/mol. The minimum absolute atomic E-state index is 0.0115. The summed E-state index contributed by atoms with van der Waals surface area (Å²) in [6.07, 6.45) is 4.41. The molecule has 1 fully saturated rings. The van der Waals surface area contributed by atoms with Gasteiger partial charge in [-0.1, -0.05) is 42.5 Å². The number of nitrogens with zero attached hydrogens (tertiary/aromatic N) is 2. The van der Waals surface area contributed by atoms with Crippen LogP contribution in [0.15, 0.2) is 77.7 Å². The van der Waals surface area contributed by atoms with Crippen molar-refractivity contribution < 1.29 is 14.3 Å². The van der Waals surface area contributed by atoms with Crippen molar-refractivity contribution in [1.82, 2.24) is 15.2 Å². The number of aromatic nitrogens is 1. The molecular formula is C31H38N4O4. The van der Waals surface area contributed by atoms with Gasteiger partial charge in [-0.15, -0.1) is 0 Å². The van der Waals surface area contributed by atoms with Crippen molar-refractivity contribution in [3.05, 3.63) is 88.8 Å². The summed E-state index contributed by atoms with van der Waals surface area (Å²) in [6, 6.07) is 20.9. The van der Waals surface area contributed by atoms with Gasteiger partial charge in [0.05, 0.1) is 0 Å². The summed E-state index contributed by atoms with van der Waals surface area (Å²) in [7, 11) is 1.73. The number of hydrogen-bond donors (Lipinski definition) is 2. The van der Waals surface area contributed by atoms with Crippen molar-refractivity contribution in [2.24, 2.45) is 7.05 Å². The van der Waals surface area contributed by atoms with Crippen LogP contribution in [-0.4, -0.2) is 34.4 Å². The van der Waals surface area contributed by atoms with E-state index in [1.807, 2.05) is 80.3 Å². The molecule has 0 atom stereocenters. The van der Waals surface area contributed by atoms with Gasteiger partial charge in [0.1, 0.15) is 5.60 Å². The quantitative estimate of drug-likeness (QED) is 0.434. The van der Waals surface area contributed by atoms with Gasteiger partial charge in [0.25, 0.3) is 0 Å². The van der Waals surface area contributed by atoms with Crippen LogP contribution in [0.1, 0.15) is 52.0 Å². The van der Waals surface area contributed by atoms with E-state index in [1.54, 1.807) is 29.9 Å². The number of carbonyl (C=O) groups excluding carboxylic acids is 2. The fourth-order valence-electron chi connectivity index (χ4n) is 4.88. The molecular weight excluding hydrogens is 492 g/mol. The second-order valence-corrected chi connectivity index (χ2v) is 11.1. The zero-order valence-corrected chi connectivity index (χ0v) is 23.1. The number of anilines is 1. The van der Waals surface area contributed by atoms with E-state index in [9.17, 15) is 14.4 Å². The summed E-state index contributed by atoms with van der Waals surface area (Å²) in [4.78, 5) is 39.4. The molecule has 0 radical (unpaired) electrons. The van der Waals surface area contributed by atoms with Gasteiger partial charge in [-0.2, -0.15) is 0 Å². The van der Waals surface area contributed by atoms with Crippen molar-refractivity contribution >= 4 is 17.8 Å². The predicted octanol–water partition coefficient (Wildman–Crippen LogP) is 5.60. The van der Waals surface area contributed by atoms with E-state index in [4.69, 9.17) is 4.74 Å². The summed E-state index contributed by atoms with van der Waals surface area (Å²) < 4.78 is 6.97. The lowest BCUT2D eigenvalue weighted by Gasteiger charge is -2.37. The maximum Gasteiger partial charge on any atom is 0.407 e. The van der Waals surface area contributed by atoms with Gasteiger partial charge in [0.15, 0.2) is 0 Å². The van der Waals surface area contributed by atoms with Crippen LogP contribution in [0, 0.1) is 0 Å². The van der Waals surface area contributed by atoms with Crippen molar-refractivity contribution in [3.63, 3.8) is 0 Å². The minimum atomic E-state index is -0.546. The molecule has 8 nitrogen and oxygen atoms in total. The standard InChI is InChI=1S/C31H38N4O4/c1-31(2,3)39-30(38)33-25-13-17-27(18-14-25)35(29(37)32-20-22-8-6-5-7-9-22)26-15-10-23(11-16-26)24-12-19-28(36)34(4)21-24/h5-12,15-16,19,21,25,27H,13-14,17-18,20H2,1-4H3,(H,32,37)(H,33,38). The van der Waals surface area contributed by atoms with Gasteiger partial charge in [0.2, 0.25) is 5.56 Å². The number of urea groups is 1. The Labute approximate surface area is 230 Å². The Morgan fingerprint density at radius 3 is 2.18 bits per heavy atom. The number of nitrogens with one attached hydrogen (secondary N) is 2. The molecule has 2 N–H and O–H groups in total. The number of hydrogen-bond acceptors (Lipinski definition) is 4. The smallest absolute Gasteiger partial charge is 0.407 e. The highest BCUT2D eigenvalue weighted by Crippen LogP contribution is 2.30. The van der Waals surface area contributed by atoms with E-state index in [0.717, 1.165) is 48.1 Å². The van der Waals surface area contributed by atoms with Gasteiger partial charge >= 0.3 is 12.1 Å². The third-order valence-electron chi connectivity index (χ3n) is 6.85. The molecule has 3 amide bonds. The highest BCUT2D eigenvalue weighted by molar-refractivity contribution is 5.93. The van der Waals surface area contributed by atoms with Crippen LogP contribution in [-0.2, 0) is 18.3 Å². The first kappa shape index (κ1) is 28.0. The van der Waals surface area contributed by atoms with Crippen molar-refractivity contribution in [3.8, 4) is 11.1 Å². The van der Waals surface area contributed by atoms with E-state index in [2.05, 4.69) is 10.6 Å². The molecule has 39 heavy (non-hydrogen) atoms. The highest BCUT2D eigenvalue weighted by atomic mass is 16.6. The largest absolute Gasteiger partial charge is 0.444 e. The van der Waals surface area contributed by atoms with Crippen LogP contribution in [0.3, 0.4) is 0 Å². The SMILES string of the molecule is Cn1cc(-c2ccc(N(C(=O)NCc3ccccc3)C3CCC(NC(=O)OC(C)(C)C)CC3)cc2)ccc1=O. The molecule has 0 aliphatic heterocycles. The van der Waals surface area contributed by atoms with Gasteiger partial charge < -0.3 is 19.9 Å². The molecule has 0 bridgehead atoms. The fraction of sp³-hybridized carbons (Fsp3) is 0.387. The molecule has 4 rings (SSSR count). The van der Waals surface area contributed by atoms with E-state index in [1.165, 1.54) is 0 Å². The zero-order chi connectivity index (χ0) is 28.0. The number of pyridine rings is 1. The molecule has 8 heteroatoms. The zero-order valence-electron chi connectivity index (χ0n) is 23.1. The number of aryl methyl sites for hydroxylation is 1. The summed E-state index contributed by atoms with van der Waals surface area (Å²) in [5, 5.41) is 6.06. The first-order chi connectivity index (χ1) is 18.6. The Kier molecular flexibility index (Phi) is 8.74. The number of benzene rings is 2. The molecule has 2 aromatic carbocycles. The van der Waals surface area contributed by atoms with Gasteiger partial charge in [-0.05, 0) is 81.3 Å². The average molecular weight is 531 g/mol. The molecule has 1 aliphatic carbocycles. The number of alkyl carbamates (subject to hydrolysis) is 1. The Morgan fingerprint density at radius 1 is 0.923 bits per heavy atom. The maximum absolute atomic E-state index is 13.6. The van der Waals surface area contributed by atoms with Crippen molar-refractivity contribution in [2.75, 3.05) is 4.90 Å².